The molecule has 0 aromatic carbocycles. The van der Waals surface area contributed by atoms with Gasteiger partial charge < -0.3 is 5.32 Å². The van der Waals surface area contributed by atoms with E-state index < -0.39 is 0 Å². The fraction of sp³-hybridized carbons (Fsp3) is 0.100. The summed E-state index contributed by atoms with van der Waals surface area (Å²) in [6.07, 6.45) is 3.03. The van der Waals surface area contributed by atoms with Gasteiger partial charge in [0.15, 0.2) is 10.8 Å². The average molecular weight is 250 g/mol. The average Bonchev–Trinajstić information content (AvgIpc) is 2.38. The van der Waals surface area contributed by atoms with Crippen LogP contribution < -0.4 is 5.32 Å². The SMILES string of the molecule is O=C(NCc1ccncn1)c1ccc(Cl)nn1. The molecule has 1 amide bonds. The summed E-state index contributed by atoms with van der Waals surface area (Å²) >= 11 is 5.57. The van der Waals surface area contributed by atoms with Gasteiger partial charge in [0.1, 0.15) is 6.33 Å². The van der Waals surface area contributed by atoms with Crippen molar-refractivity contribution >= 4 is 17.5 Å². The van der Waals surface area contributed by atoms with Crippen LogP contribution in [0.25, 0.3) is 0 Å². The van der Waals surface area contributed by atoms with E-state index in [2.05, 4.69) is 25.5 Å². The van der Waals surface area contributed by atoms with Gasteiger partial charge in [0.05, 0.1) is 12.2 Å². The van der Waals surface area contributed by atoms with Crippen LogP contribution in [0, 0.1) is 0 Å². The molecule has 2 rings (SSSR count). The van der Waals surface area contributed by atoms with Crippen molar-refractivity contribution in [3.63, 3.8) is 0 Å². The Hall–Kier alpha value is -2.08. The summed E-state index contributed by atoms with van der Waals surface area (Å²) in [5.74, 6) is -0.326. The number of hydrogen-bond donors (Lipinski definition) is 1. The minimum absolute atomic E-state index is 0.212. The van der Waals surface area contributed by atoms with E-state index in [1.807, 2.05) is 0 Å². The monoisotopic (exact) mass is 249 g/mol. The van der Waals surface area contributed by atoms with Crippen LogP contribution in [-0.2, 0) is 6.54 Å². The van der Waals surface area contributed by atoms with Gasteiger partial charge in [0.25, 0.3) is 5.91 Å². The van der Waals surface area contributed by atoms with E-state index in [0.29, 0.717) is 6.54 Å². The van der Waals surface area contributed by atoms with Gasteiger partial charge in [-0.05, 0) is 18.2 Å². The summed E-state index contributed by atoms with van der Waals surface area (Å²) in [5, 5.41) is 10.2. The maximum atomic E-state index is 11.6. The minimum Gasteiger partial charge on any atom is -0.345 e. The predicted molar refractivity (Wildman–Crippen MR) is 60.2 cm³/mol. The molecule has 0 aliphatic carbocycles. The summed E-state index contributed by atoms with van der Waals surface area (Å²) in [4.78, 5) is 19.4. The van der Waals surface area contributed by atoms with Gasteiger partial charge in [-0.2, -0.15) is 0 Å². The minimum atomic E-state index is -0.326. The second-order valence-corrected chi connectivity index (χ2v) is 3.51. The zero-order chi connectivity index (χ0) is 12.1. The lowest BCUT2D eigenvalue weighted by Gasteiger charge is -2.02. The van der Waals surface area contributed by atoms with Crippen LogP contribution in [0.5, 0.6) is 0 Å². The van der Waals surface area contributed by atoms with E-state index in [1.165, 1.54) is 18.5 Å². The highest BCUT2D eigenvalue weighted by atomic mass is 35.5. The highest BCUT2D eigenvalue weighted by molar-refractivity contribution is 6.29. The van der Waals surface area contributed by atoms with Crippen molar-refractivity contribution in [3.8, 4) is 0 Å². The van der Waals surface area contributed by atoms with Gasteiger partial charge in [-0.15, -0.1) is 10.2 Å². The second kappa shape index (κ2) is 5.31. The molecular weight excluding hydrogens is 242 g/mol. The van der Waals surface area contributed by atoms with Gasteiger partial charge in [-0.25, -0.2) is 9.97 Å². The third-order valence-electron chi connectivity index (χ3n) is 1.94. The van der Waals surface area contributed by atoms with Crippen molar-refractivity contribution in [1.82, 2.24) is 25.5 Å². The Morgan fingerprint density at radius 3 is 2.82 bits per heavy atom. The maximum Gasteiger partial charge on any atom is 0.272 e. The van der Waals surface area contributed by atoms with Crippen LogP contribution in [0.3, 0.4) is 0 Å². The molecular formula is C10H8ClN5O. The first kappa shape index (κ1) is 11.4. The molecule has 1 N–H and O–H groups in total. The van der Waals surface area contributed by atoms with Gasteiger partial charge >= 0.3 is 0 Å². The summed E-state index contributed by atoms with van der Waals surface area (Å²) < 4.78 is 0. The van der Waals surface area contributed by atoms with E-state index >= 15 is 0 Å². The largest absolute Gasteiger partial charge is 0.345 e. The van der Waals surface area contributed by atoms with Gasteiger partial charge in [0.2, 0.25) is 0 Å². The van der Waals surface area contributed by atoms with Crippen molar-refractivity contribution in [1.29, 1.82) is 0 Å². The highest BCUT2D eigenvalue weighted by Crippen LogP contribution is 2.02. The molecule has 6 nitrogen and oxygen atoms in total. The zero-order valence-electron chi connectivity index (χ0n) is 8.67. The summed E-state index contributed by atoms with van der Waals surface area (Å²) in [7, 11) is 0. The molecule has 0 radical (unpaired) electrons. The van der Waals surface area contributed by atoms with E-state index in [4.69, 9.17) is 11.6 Å². The van der Waals surface area contributed by atoms with Crippen LogP contribution in [-0.4, -0.2) is 26.1 Å². The quantitative estimate of drug-likeness (QED) is 0.872. The van der Waals surface area contributed by atoms with Gasteiger partial charge in [0, 0.05) is 6.20 Å². The van der Waals surface area contributed by atoms with Crippen molar-refractivity contribution in [2.45, 2.75) is 6.54 Å². The molecule has 0 saturated heterocycles. The number of carbonyl (C=O) groups is 1. The maximum absolute atomic E-state index is 11.6. The molecule has 0 aliphatic rings. The molecule has 0 fully saturated rings. The fourth-order valence-electron chi connectivity index (χ4n) is 1.12. The van der Waals surface area contributed by atoms with Crippen LogP contribution >= 0.6 is 11.6 Å². The number of nitrogens with one attached hydrogen (secondary N) is 1. The number of amides is 1. The Balaban J connectivity index is 1.96. The van der Waals surface area contributed by atoms with E-state index in [0.717, 1.165) is 5.69 Å². The predicted octanol–water partition coefficient (Wildman–Crippen LogP) is 0.850. The lowest BCUT2D eigenvalue weighted by molar-refractivity contribution is 0.0944. The van der Waals surface area contributed by atoms with E-state index in [1.54, 1.807) is 12.3 Å². The topological polar surface area (TPSA) is 80.7 Å². The van der Waals surface area contributed by atoms with Crippen LogP contribution in [0.1, 0.15) is 16.2 Å². The molecule has 0 bridgehead atoms. The summed E-state index contributed by atoms with van der Waals surface area (Å²) in [6, 6.07) is 4.73. The number of hydrogen-bond acceptors (Lipinski definition) is 5. The molecule has 2 aromatic heterocycles. The number of aromatic nitrogens is 4. The molecule has 2 heterocycles. The first-order valence-electron chi connectivity index (χ1n) is 4.78. The molecule has 2 aromatic rings. The normalized spacial score (nSPS) is 9.94. The molecule has 0 spiro atoms. The van der Waals surface area contributed by atoms with E-state index in [9.17, 15) is 4.79 Å². The smallest absolute Gasteiger partial charge is 0.272 e. The molecule has 0 saturated carbocycles. The lowest BCUT2D eigenvalue weighted by Crippen LogP contribution is -2.24. The third kappa shape index (κ3) is 3.18. The molecule has 17 heavy (non-hydrogen) atoms. The number of carbonyl (C=O) groups excluding carboxylic acids is 1. The van der Waals surface area contributed by atoms with Crippen molar-refractivity contribution in [3.05, 3.63) is 47.3 Å². The Labute approximate surface area is 102 Å². The first-order valence-corrected chi connectivity index (χ1v) is 5.16. The highest BCUT2D eigenvalue weighted by Gasteiger charge is 2.07. The molecule has 86 valence electrons. The Morgan fingerprint density at radius 2 is 2.18 bits per heavy atom. The Bertz CT molecular complexity index is 502. The third-order valence-corrected chi connectivity index (χ3v) is 2.14. The first-order chi connectivity index (χ1) is 8.25. The summed E-state index contributed by atoms with van der Waals surface area (Å²) in [6.45, 7) is 0.311. The van der Waals surface area contributed by atoms with Crippen LogP contribution in [0.2, 0.25) is 5.15 Å². The molecule has 0 aliphatic heterocycles. The zero-order valence-corrected chi connectivity index (χ0v) is 9.42. The lowest BCUT2D eigenvalue weighted by atomic mass is 10.3. The molecule has 7 heteroatoms. The van der Waals surface area contributed by atoms with E-state index in [-0.39, 0.29) is 16.8 Å². The standard InChI is InChI=1S/C10H8ClN5O/c11-9-2-1-8(15-16-9)10(17)13-5-7-3-4-12-6-14-7/h1-4,6H,5H2,(H,13,17). The van der Waals surface area contributed by atoms with Gasteiger partial charge in [-0.1, -0.05) is 11.6 Å². The summed E-state index contributed by atoms with van der Waals surface area (Å²) in [5.41, 5.74) is 0.929. The van der Waals surface area contributed by atoms with Gasteiger partial charge in [-0.3, -0.25) is 4.79 Å². The fourth-order valence-corrected chi connectivity index (χ4v) is 1.22. The molecule has 0 atom stereocenters. The Kier molecular flexibility index (Phi) is 3.56. The Morgan fingerprint density at radius 1 is 1.29 bits per heavy atom. The number of halogens is 1. The second-order valence-electron chi connectivity index (χ2n) is 3.12. The van der Waals surface area contributed by atoms with Crippen molar-refractivity contribution < 1.29 is 4.79 Å². The van der Waals surface area contributed by atoms with Crippen molar-refractivity contribution in [2.75, 3.05) is 0 Å². The van der Waals surface area contributed by atoms with Crippen molar-refractivity contribution in [2.24, 2.45) is 0 Å². The van der Waals surface area contributed by atoms with Crippen LogP contribution in [0.15, 0.2) is 30.7 Å². The van der Waals surface area contributed by atoms with Crippen LogP contribution in [0.4, 0.5) is 0 Å². The molecule has 0 unspecified atom stereocenters. The number of rotatable bonds is 3. The number of nitrogens with zero attached hydrogens (tertiary/aromatic N) is 4.